The van der Waals surface area contributed by atoms with Gasteiger partial charge in [0.1, 0.15) is 5.82 Å². The van der Waals surface area contributed by atoms with Crippen LogP contribution in [0.3, 0.4) is 0 Å². The van der Waals surface area contributed by atoms with Crippen molar-refractivity contribution >= 4 is 11.6 Å². The van der Waals surface area contributed by atoms with Crippen LogP contribution < -0.4 is 4.90 Å². The van der Waals surface area contributed by atoms with Gasteiger partial charge in [0.25, 0.3) is 5.91 Å². The van der Waals surface area contributed by atoms with Gasteiger partial charge in [-0.1, -0.05) is 54.6 Å². The minimum absolute atomic E-state index is 0.162. The average Bonchev–Trinajstić information content (AvgIpc) is 3.30. The third kappa shape index (κ3) is 4.22. The van der Waals surface area contributed by atoms with Crippen molar-refractivity contribution in [2.24, 2.45) is 0 Å². The van der Waals surface area contributed by atoms with Crippen LogP contribution in [0.15, 0.2) is 78.9 Å². The van der Waals surface area contributed by atoms with E-state index in [9.17, 15) is 9.18 Å². The maximum Gasteiger partial charge on any atom is 0.293 e. The zero-order valence-corrected chi connectivity index (χ0v) is 18.4. The molecule has 0 N–H and O–H groups in total. The van der Waals surface area contributed by atoms with E-state index in [-0.39, 0.29) is 17.5 Å². The normalized spacial score (nSPS) is 13.9. The van der Waals surface area contributed by atoms with Crippen LogP contribution in [-0.2, 0) is 0 Å². The fraction of sp³-hybridized carbons (Fsp3) is 0.192. The summed E-state index contributed by atoms with van der Waals surface area (Å²) in [5.41, 5.74) is 3.40. The van der Waals surface area contributed by atoms with E-state index in [1.54, 1.807) is 21.7 Å². The quantitative estimate of drug-likeness (QED) is 0.473. The van der Waals surface area contributed by atoms with Gasteiger partial charge in [0.2, 0.25) is 5.82 Å². The summed E-state index contributed by atoms with van der Waals surface area (Å²) in [6, 6.07) is 24.4. The molecule has 166 valence electrons. The molecule has 1 amide bonds. The molecular weight excluding hydrogens is 417 g/mol. The molecule has 0 saturated carbocycles. The number of para-hydroxylation sites is 1. The van der Waals surface area contributed by atoms with Gasteiger partial charge >= 0.3 is 0 Å². The molecule has 1 saturated heterocycles. The van der Waals surface area contributed by atoms with Crippen molar-refractivity contribution in [3.63, 3.8) is 0 Å². The minimum Gasteiger partial charge on any atom is -0.366 e. The molecule has 3 aromatic carbocycles. The van der Waals surface area contributed by atoms with Crippen LogP contribution >= 0.6 is 0 Å². The molecule has 1 aliphatic heterocycles. The number of anilines is 1. The highest BCUT2D eigenvalue weighted by Crippen LogP contribution is 2.24. The molecule has 1 aliphatic rings. The molecule has 4 aromatic rings. The summed E-state index contributed by atoms with van der Waals surface area (Å²) in [6.45, 7) is 4.08. The maximum atomic E-state index is 14.1. The zero-order chi connectivity index (χ0) is 22.8. The average molecular weight is 442 g/mol. The SMILES string of the molecule is Cc1cccc(-n2nc(C(=O)N3CCN(c4ccccc4F)CC3)nc2-c2ccccc2)c1. The lowest BCUT2D eigenvalue weighted by molar-refractivity contribution is 0.0734. The Morgan fingerprint density at radius 2 is 1.61 bits per heavy atom. The van der Waals surface area contributed by atoms with Crippen LogP contribution in [0.2, 0.25) is 0 Å². The van der Waals surface area contributed by atoms with Crippen LogP contribution in [0.1, 0.15) is 16.2 Å². The summed E-state index contributed by atoms with van der Waals surface area (Å²) in [7, 11) is 0. The number of carbonyl (C=O) groups excluding carboxylic acids is 1. The summed E-state index contributed by atoms with van der Waals surface area (Å²) in [5, 5.41) is 4.61. The molecule has 0 atom stereocenters. The van der Waals surface area contributed by atoms with Crippen LogP contribution in [-0.4, -0.2) is 51.8 Å². The predicted octanol–water partition coefficient (Wildman–Crippen LogP) is 4.34. The summed E-state index contributed by atoms with van der Waals surface area (Å²) >= 11 is 0. The van der Waals surface area contributed by atoms with E-state index in [4.69, 9.17) is 0 Å². The predicted molar refractivity (Wildman–Crippen MR) is 126 cm³/mol. The molecule has 33 heavy (non-hydrogen) atoms. The molecule has 0 radical (unpaired) electrons. The van der Waals surface area contributed by atoms with Crippen LogP contribution in [0, 0.1) is 12.7 Å². The Morgan fingerprint density at radius 1 is 0.879 bits per heavy atom. The molecule has 1 fully saturated rings. The summed E-state index contributed by atoms with van der Waals surface area (Å²) < 4.78 is 15.9. The third-order valence-electron chi connectivity index (χ3n) is 5.84. The number of aromatic nitrogens is 3. The molecule has 2 heterocycles. The van der Waals surface area contributed by atoms with Gasteiger partial charge in [-0.2, -0.15) is 0 Å². The van der Waals surface area contributed by atoms with E-state index < -0.39 is 0 Å². The standard InChI is InChI=1S/C26H24FN5O/c1-19-8-7-11-21(18-19)32-25(20-9-3-2-4-10-20)28-24(29-32)26(33)31-16-14-30(15-17-31)23-13-6-5-12-22(23)27/h2-13,18H,14-17H2,1H3. The van der Waals surface area contributed by atoms with Gasteiger partial charge in [-0.15, -0.1) is 5.10 Å². The smallest absolute Gasteiger partial charge is 0.293 e. The minimum atomic E-state index is -0.247. The van der Waals surface area contributed by atoms with Crippen molar-refractivity contribution < 1.29 is 9.18 Å². The van der Waals surface area contributed by atoms with E-state index in [1.807, 2.05) is 72.5 Å². The molecule has 0 bridgehead atoms. The molecule has 0 aliphatic carbocycles. The van der Waals surface area contributed by atoms with Gasteiger partial charge in [-0.3, -0.25) is 4.79 Å². The Hall–Kier alpha value is -4.00. The Labute approximate surface area is 191 Å². The zero-order valence-electron chi connectivity index (χ0n) is 18.4. The fourth-order valence-electron chi connectivity index (χ4n) is 4.12. The molecule has 7 heteroatoms. The fourth-order valence-corrected chi connectivity index (χ4v) is 4.12. The van der Waals surface area contributed by atoms with E-state index in [0.717, 1.165) is 16.8 Å². The number of aryl methyl sites for hydroxylation is 1. The molecule has 6 nitrogen and oxygen atoms in total. The largest absolute Gasteiger partial charge is 0.366 e. The Morgan fingerprint density at radius 3 is 2.33 bits per heavy atom. The van der Waals surface area contributed by atoms with Crippen LogP contribution in [0.5, 0.6) is 0 Å². The number of hydrogen-bond acceptors (Lipinski definition) is 4. The maximum absolute atomic E-state index is 14.1. The van der Waals surface area contributed by atoms with E-state index in [1.165, 1.54) is 6.07 Å². The number of amides is 1. The molecule has 1 aromatic heterocycles. The first-order chi connectivity index (χ1) is 16.1. The summed E-state index contributed by atoms with van der Waals surface area (Å²) in [6.07, 6.45) is 0. The number of benzene rings is 3. The highest BCUT2D eigenvalue weighted by atomic mass is 19.1. The van der Waals surface area contributed by atoms with E-state index in [0.29, 0.717) is 37.7 Å². The molecule has 5 rings (SSSR count). The number of hydrogen-bond donors (Lipinski definition) is 0. The van der Waals surface area contributed by atoms with Gasteiger partial charge < -0.3 is 9.80 Å². The topological polar surface area (TPSA) is 54.3 Å². The van der Waals surface area contributed by atoms with Gasteiger partial charge in [-0.25, -0.2) is 14.1 Å². The molecular formula is C26H24FN5O. The summed E-state index contributed by atoms with van der Waals surface area (Å²) in [5.74, 6) is 0.319. The molecule has 0 spiro atoms. The third-order valence-corrected chi connectivity index (χ3v) is 5.84. The van der Waals surface area contributed by atoms with Gasteiger partial charge in [-0.05, 0) is 36.8 Å². The van der Waals surface area contributed by atoms with Crippen LogP contribution in [0.25, 0.3) is 17.1 Å². The van der Waals surface area contributed by atoms with Crippen molar-refractivity contribution in [3.8, 4) is 17.1 Å². The second kappa shape index (κ2) is 8.86. The van der Waals surface area contributed by atoms with Crippen molar-refractivity contribution in [2.75, 3.05) is 31.1 Å². The number of halogens is 1. The van der Waals surface area contributed by atoms with Crippen molar-refractivity contribution in [3.05, 3.63) is 96.1 Å². The van der Waals surface area contributed by atoms with Crippen molar-refractivity contribution in [2.45, 2.75) is 6.92 Å². The Balaban J connectivity index is 1.41. The van der Waals surface area contributed by atoms with Crippen LogP contribution in [0.4, 0.5) is 10.1 Å². The number of carbonyl (C=O) groups is 1. The highest BCUT2D eigenvalue weighted by Gasteiger charge is 2.27. The van der Waals surface area contributed by atoms with E-state index in [2.05, 4.69) is 10.1 Å². The summed E-state index contributed by atoms with van der Waals surface area (Å²) in [4.78, 5) is 21.6. The first kappa shape index (κ1) is 20.9. The highest BCUT2D eigenvalue weighted by molar-refractivity contribution is 5.91. The first-order valence-electron chi connectivity index (χ1n) is 11.0. The van der Waals surface area contributed by atoms with Gasteiger partial charge in [0.05, 0.1) is 11.4 Å². The number of rotatable bonds is 4. The monoisotopic (exact) mass is 441 g/mol. The number of piperazine rings is 1. The lowest BCUT2D eigenvalue weighted by Crippen LogP contribution is -2.49. The Bertz CT molecular complexity index is 1280. The first-order valence-corrected chi connectivity index (χ1v) is 11.0. The molecule has 0 unspecified atom stereocenters. The van der Waals surface area contributed by atoms with Crippen molar-refractivity contribution in [1.29, 1.82) is 0 Å². The van der Waals surface area contributed by atoms with Gasteiger partial charge in [0.15, 0.2) is 5.82 Å². The lowest BCUT2D eigenvalue weighted by Gasteiger charge is -2.35. The Kier molecular flexibility index (Phi) is 5.60. The van der Waals surface area contributed by atoms with E-state index >= 15 is 0 Å². The van der Waals surface area contributed by atoms with Crippen molar-refractivity contribution in [1.82, 2.24) is 19.7 Å². The van der Waals surface area contributed by atoms with Gasteiger partial charge in [0, 0.05) is 31.7 Å². The lowest BCUT2D eigenvalue weighted by atomic mass is 10.2. The second-order valence-electron chi connectivity index (χ2n) is 8.11. The second-order valence-corrected chi connectivity index (χ2v) is 8.11. The number of nitrogens with zero attached hydrogens (tertiary/aromatic N) is 5.